The first kappa shape index (κ1) is 13.7. The topological polar surface area (TPSA) is 51.0 Å². The maximum absolute atomic E-state index is 5.34. The molecule has 0 aromatic carbocycles. The fraction of sp³-hybridized carbons (Fsp3) is 0.500. The van der Waals surface area contributed by atoms with E-state index in [1.165, 1.54) is 4.88 Å². The zero-order valence-electron chi connectivity index (χ0n) is 10.6. The maximum atomic E-state index is 5.34. The molecule has 18 heavy (non-hydrogen) atoms. The van der Waals surface area contributed by atoms with Crippen molar-refractivity contribution in [2.24, 2.45) is 0 Å². The molecule has 98 valence electrons. The Kier molecular flexibility index (Phi) is 4.53. The maximum Gasteiger partial charge on any atom is 0.234 e. The Morgan fingerprint density at radius 2 is 2.22 bits per heavy atom. The van der Waals surface area contributed by atoms with Gasteiger partial charge in [-0.2, -0.15) is 4.98 Å². The Labute approximate surface area is 119 Å². The predicted octanol–water partition coefficient (Wildman–Crippen LogP) is 3.20. The third-order valence-electron chi connectivity index (χ3n) is 2.86. The van der Waals surface area contributed by atoms with Crippen LogP contribution in [0.2, 0.25) is 0 Å². The molecule has 0 aliphatic heterocycles. The Bertz CT molecular complexity index is 511. The minimum atomic E-state index is 0.146. The van der Waals surface area contributed by atoms with Gasteiger partial charge in [-0.1, -0.05) is 5.16 Å². The highest BCUT2D eigenvalue weighted by Crippen LogP contribution is 2.31. The number of thiophene rings is 1. The van der Waals surface area contributed by atoms with Crippen LogP contribution in [0.3, 0.4) is 0 Å². The molecule has 2 unspecified atom stereocenters. The summed E-state index contributed by atoms with van der Waals surface area (Å²) >= 11 is 5.16. The van der Waals surface area contributed by atoms with Gasteiger partial charge < -0.3 is 9.84 Å². The molecule has 0 bridgehead atoms. The summed E-state index contributed by atoms with van der Waals surface area (Å²) in [6, 6.07) is 4.47. The smallest absolute Gasteiger partial charge is 0.234 e. The molecule has 2 aromatic heterocycles. The first-order valence-electron chi connectivity index (χ1n) is 5.85. The van der Waals surface area contributed by atoms with Gasteiger partial charge in [0.25, 0.3) is 0 Å². The predicted molar refractivity (Wildman–Crippen MR) is 76.1 cm³/mol. The van der Waals surface area contributed by atoms with Gasteiger partial charge in [-0.15, -0.1) is 11.3 Å². The van der Waals surface area contributed by atoms with E-state index in [0.717, 1.165) is 16.0 Å². The van der Waals surface area contributed by atoms with Crippen molar-refractivity contribution in [3.8, 4) is 0 Å². The van der Waals surface area contributed by atoms with Crippen LogP contribution in [0, 0.1) is 0 Å². The van der Waals surface area contributed by atoms with Crippen LogP contribution in [-0.2, 0) is 6.42 Å². The van der Waals surface area contributed by atoms with Crippen molar-refractivity contribution in [3.05, 3.63) is 32.5 Å². The summed E-state index contributed by atoms with van der Waals surface area (Å²) in [4.78, 5) is 5.68. The third-order valence-corrected chi connectivity index (χ3v) is 4.66. The largest absolute Gasteiger partial charge is 0.339 e. The van der Waals surface area contributed by atoms with Crippen molar-refractivity contribution in [3.63, 3.8) is 0 Å². The number of nitrogens with zero attached hydrogens (tertiary/aromatic N) is 2. The Hall–Kier alpha value is -0.720. The number of hydrogen-bond acceptors (Lipinski definition) is 5. The van der Waals surface area contributed by atoms with E-state index in [2.05, 4.69) is 51.3 Å². The molecule has 0 saturated heterocycles. The van der Waals surface area contributed by atoms with E-state index in [1.807, 2.05) is 13.1 Å². The average molecular weight is 330 g/mol. The first-order chi connectivity index (χ1) is 8.60. The second kappa shape index (κ2) is 5.95. The molecule has 4 nitrogen and oxygen atoms in total. The number of aromatic nitrogens is 2. The standard InChI is InChI=1S/C12H16BrN3OS/c1-7(14-3)6-11-15-12(17-16-11)8(2)9-4-5-10(13)18-9/h4-5,7-8,14H,6H2,1-3H3. The summed E-state index contributed by atoms with van der Waals surface area (Å²) in [6.45, 7) is 4.17. The molecule has 6 heteroatoms. The van der Waals surface area contributed by atoms with Crippen LogP contribution >= 0.6 is 27.3 Å². The molecule has 2 rings (SSSR count). The Balaban J connectivity index is 2.09. The molecule has 1 N–H and O–H groups in total. The Morgan fingerprint density at radius 3 is 2.83 bits per heavy atom. The van der Waals surface area contributed by atoms with Crippen molar-refractivity contribution in [1.29, 1.82) is 0 Å². The van der Waals surface area contributed by atoms with E-state index in [9.17, 15) is 0 Å². The highest BCUT2D eigenvalue weighted by molar-refractivity contribution is 9.11. The molecule has 0 radical (unpaired) electrons. The monoisotopic (exact) mass is 329 g/mol. The molecule has 0 saturated carbocycles. The lowest BCUT2D eigenvalue weighted by Crippen LogP contribution is -2.24. The first-order valence-corrected chi connectivity index (χ1v) is 7.46. The summed E-state index contributed by atoms with van der Waals surface area (Å²) < 4.78 is 6.46. The quantitative estimate of drug-likeness (QED) is 0.915. The van der Waals surface area contributed by atoms with E-state index >= 15 is 0 Å². The average Bonchev–Trinajstić information content (AvgIpc) is 2.97. The van der Waals surface area contributed by atoms with E-state index in [4.69, 9.17) is 4.52 Å². The van der Waals surface area contributed by atoms with Crippen LogP contribution in [0.1, 0.15) is 36.4 Å². The van der Waals surface area contributed by atoms with Gasteiger partial charge in [-0.05, 0) is 49.0 Å². The van der Waals surface area contributed by atoms with Gasteiger partial charge in [0, 0.05) is 17.3 Å². The van der Waals surface area contributed by atoms with Gasteiger partial charge in [0.1, 0.15) is 0 Å². The summed E-state index contributed by atoms with van der Waals surface area (Å²) in [5.74, 6) is 1.59. The van der Waals surface area contributed by atoms with Gasteiger partial charge in [-0.3, -0.25) is 0 Å². The van der Waals surface area contributed by atoms with E-state index < -0.39 is 0 Å². The number of likely N-dealkylation sites (N-methyl/N-ethyl adjacent to an activating group) is 1. The van der Waals surface area contributed by atoms with Crippen molar-refractivity contribution in [1.82, 2.24) is 15.5 Å². The molecule has 0 amide bonds. The van der Waals surface area contributed by atoms with Gasteiger partial charge in [0.15, 0.2) is 5.82 Å². The SMILES string of the molecule is CNC(C)Cc1noc(C(C)c2ccc(Br)s2)n1. The lowest BCUT2D eigenvalue weighted by molar-refractivity contribution is 0.364. The lowest BCUT2D eigenvalue weighted by atomic mass is 10.1. The summed E-state index contributed by atoms with van der Waals surface area (Å²) in [5, 5.41) is 7.19. The summed E-state index contributed by atoms with van der Waals surface area (Å²) in [5.41, 5.74) is 0. The van der Waals surface area contributed by atoms with Crippen LogP contribution in [0.4, 0.5) is 0 Å². The normalized spacial score (nSPS) is 14.7. The van der Waals surface area contributed by atoms with E-state index in [1.54, 1.807) is 11.3 Å². The van der Waals surface area contributed by atoms with Crippen molar-refractivity contribution in [2.45, 2.75) is 32.2 Å². The molecule has 0 fully saturated rings. The lowest BCUT2D eigenvalue weighted by Gasteiger charge is -2.05. The molecule has 2 heterocycles. The molecular formula is C12H16BrN3OS. The van der Waals surface area contributed by atoms with Gasteiger partial charge >= 0.3 is 0 Å². The second-order valence-corrected chi connectivity index (χ2v) is 6.80. The van der Waals surface area contributed by atoms with Gasteiger partial charge in [-0.25, -0.2) is 0 Å². The molecule has 2 aromatic rings. The fourth-order valence-electron chi connectivity index (χ4n) is 1.58. The van der Waals surface area contributed by atoms with Crippen molar-refractivity contribution in [2.75, 3.05) is 7.05 Å². The van der Waals surface area contributed by atoms with Crippen LogP contribution in [0.5, 0.6) is 0 Å². The van der Waals surface area contributed by atoms with Crippen LogP contribution in [-0.4, -0.2) is 23.2 Å². The van der Waals surface area contributed by atoms with Crippen molar-refractivity contribution < 1.29 is 4.52 Å². The van der Waals surface area contributed by atoms with Crippen LogP contribution < -0.4 is 5.32 Å². The molecule has 0 aliphatic carbocycles. The van der Waals surface area contributed by atoms with E-state index in [0.29, 0.717) is 11.9 Å². The van der Waals surface area contributed by atoms with Gasteiger partial charge in [0.05, 0.1) is 9.70 Å². The fourth-order valence-corrected chi connectivity index (χ4v) is 3.05. The summed E-state index contributed by atoms with van der Waals surface area (Å²) in [7, 11) is 1.93. The molecular weight excluding hydrogens is 314 g/mol. The minimum Gasteiger partial charge on any atom is -0.339 e. The molecule has 0 aliphatic rings. The van der Waals surface area contributed by atoms with E-state index in [-0.39, 0.29) is 5.92 Å². The number of halogens is 1. The summed E-state index contributed by atoms with van der Waals surface area (Å²) in [6.07, 6.45) is 0.779. The minimum absolute atomic E-state index is 0.146. The van der Waals surface area contributed by atoms with Crippen molar-refractivity contribution >= 4 is 27.3 Å². The zero-order valence-corrected chi connectivity index (χ0v) is 13.0. The van der Waals surface area contributed by atoms with Crippen LogP contribution in [0.25, 0.3) is 0 Å². The second-order valence-electron chi connectivity index (χ2n) is 4.31. The van der Waals surface area contributed by atoms with Crippen LogP contribution in [0.15, 0.2) is 20.4 Å². The number of rotatable bonds is 5. The third kappa shape index (κ3) is 3.18. The molecule has 0 spiro atoms. The highest BCUT2D eigenvalue weighted by Gasteiger charge is 2.18. The Morgan fingerprint density at radius 1 is 1.44 bits per heavy atom. The zero-order chi connectivity index (χ0) is 13.1. The number of nitrogens with one attached hydrogen (secondary N) is 1. The molecule has 2 atom stereocenters. The van der Waals surface area contributed by atoms with Gasteiger partial charge in [0.2, 0.25) is 5.89 Å². The number of hydrogen-bond donors (Lipinski definition) is 1. The highest BCUT2D eigenvalue weighted by atomic mass is 79.9.